The lowest BCUT2D eigenvalue weighted by atomic mass is 9.96. The molecule has 138 valence electrons. The number of carbonyl (C=O) groups excluding carboxylic acids is 1. The van der Waals surface area contributed by atoms with Crippen molar-refractivity contribution in [2.75, 3.05) is 6.54 Å². The molecule has 0 spiro atoms. The lowest BCUT2D eigenvalue weighted by molar-refractivity contribution is -0.142. The zero-order chi connectivity index (χ0) is 18.8. The predicted molar refractivity (Wildman–Crippen MR) is 92.4 cm³/mol. The highest BCUT2D eigenvalue weighted by Crippen LogP contribution is 2.30. The molecule has 1 aromatic carbocycles. The van der Waals surface area contributed by atoms with Gasteiger partial charge in [0, 0.05) is 11.6 Å². The Morgan fingerprint density at radius 1 is 1.40 bits per heavy atom. The maximum atomic E-state index is 12.7. The second-order valence-corrected chi connectivity index (χ2v) is 7.76. The van der Waals surface area contributed by atoms with Gasteiger partial charge in [0.2, 0.25) is 0 Å². The van der Waals surface area contributed by atoms with Crippen molar-refractivity contribution in [3.63, 3.8) is 0 Å². The molecular formula is C18H23ClFNO4. The van der Waals surface area contributed by atoms with E-state index in [1.165, 1.54) is 4.90 Å². The zero-order valence-corrected chi connectivity index (χ0v) is 15.3. The number of amides is 1. The summed E-state index contributed by atoms with van der Waals surface area (Å²) in [4.78, 5) is 25.1. The van der Waals surface area contributed by atoms with Gasteiger partial charge in [0.1, 0.15) is 18.3 Å². The van der Waals surface area contributed by atoms with Crippen molar-refractivity contribution in [2.24, 2.45) is 5.92 Å². The first kappa shape index (κ1) is 19.5. The number of carboxylic acid groups (broad SMARTS) is 1. The number of halogens is 2. The molecule has 1 N–H and O–H groups in total. The first-order valence-electron chi connectivity index (χ1n) is 8.16. The molecule has 1 amide bonds. The number of rotatable bonds is 4. The molecule has 1 heterocycles. The molecule has 1 aliphatic rings. The average molecular weight is 372 g/mol. The Labute approximate surface area is 151 Å². The minimum Gasteiger partial charge on any atom is -0.480 e. The number of hydrogen-bond donors (Lipinski definition) is 1. The van der Waals surface area contributed by atoms with E-state index in [0.717, 1.165) is 5.56 Å². The maximum absolute atomic E-state index is 12.7. The monoisotopic (exact) mass is 371 g/mol. The van der Waals surface area contributed by atoms with Crippen molar-refractivity contribution in [2.45, 2.75) is 51.9 Å². The van der Waals surface area contributed by atoms with Crippen LogP contribution < -0.4 is 0 Å². The summed E-state index contributed by atoms with van der Waals surface area (Å²) in [6.45, 7) is 4.91. The largest absolute Gasteiger partial charge is 0.480 e. The summed E-state index contributed by atoms with van der Waals surface area (Å²) in [5, 5.41) is 9.88. The van der Waals surface area contributed by atoms with Crippen LogP contribution in [0.3, 0.4) is 0 Å². The van der Waals surface area contributed by atoms with Crippen molar-refractivity contribution in [1.82, 2.24) is 4.90 Å². The molecule has 1 aliphatic heterocycles. The number of likely N-dealkylation sites (tertiary alicyclic amines) is 1. The van der Waals surface area contributed by atoms with Crippen molar-refractivity contribution in [3.8, 4) is 0 Å². The third-order valence-electron chi connectivity index (χ3n) is 4.08. The van der Waals surface area contributed by atoms with E-state index >= 15 is 0 Å². The fraction of sp³-hybridized carbons (Fsp3) is 0.556. The van der Waals surface area contributed by atoms with E-state index in [2.05, 4.69) is 0 Å². The quantitative estimate of drug-likeness (QED) is 0.866. The molecule has 7 heteroatoms. The third-order valence-corrected chi connectivity index (χ3v) is 4.43. The van der Waals surface area contributed by atoms with Crippen LogP contribution in [0, 0.1) is 5.92 Å². The van der Waals surface area contributed by atoms with Crippen LogP contribution in [-0.4, -0.2) is 40.3 Å². The molecule has 0 bridgehead atoms. The van der Waals surface area contributed by atoms with Gasteiger partial charge in [-0.2, -0.15) is 0 Å². The summed E-state index contributed by atoms with van der Waals surface area (Å²) >= 11 is 6.18. The van der Waals surface area contributed by atoms with E-state index in [1.54, 1.807) is 39.0 Å². The Hall–Kier alpha value is -1.82. The second-order valence-electron chi connectivity index (χ2n) is 7.35. The molecule has 2 atom stereocenters. The number of hydrogen-bond acceptors (Lipinski definition) is 3. The topological polar surface area (TPSA) is 66.8 Å². The first-order chi connectivity index (χ1) is 11.6. The Bertz CT molecular complexity index is 659. The molecular weight excluding hydrogens is 349 g/mol. The zero-order valence-electron chi connectivity index (χ0n) is 14.6. The summed E-state index contributed by atoms with van der Waals surface area (Å²) in [5.41, 5.74) is 0.627. The van der Waals surface area contributed by atoms with Gasteiger partial charge in [-0.3, -0.25) is 4.90 Å². The van der Waals surface area contributed by atoms with Gasteiger partial charge >= 0.3 is 12.1 Å². The van der Waals surface area contributed by atoms with Crippen molar-refractivity contribution in [1.29, 1.82) is 0 Å². The summed E-state index contributed by atoms with van der Waals surface area (Å²) in [5.74, 6) is -1.10. The highest BCUT2D eigenvalue weighted by Gasteiger charge is 2.41. The van der Waals surface area contributed by atoms with Crippen LogP contribution in [0.2, 0.25) is 5.02 Å². The third kappa shape index (κ3) is 5.08. The molecule has 0 aliphatic carbocycles. The summed E-state index contributed by atoms with van der Waals surface area (Å²) < 4.78 is 18.0. The van der Waals surface area contributed by atoms with Crippen molar-refractivity contribution < 1.29 is 23.8 Å². The van der Waals surface area contributed by atoms with Gasteiger partial charge in [0.25, 0.3) is 0 Å². The molecule has 25 heavy (non-hydrogen) atoms. The molecule has 0 aromatic heterocycles. The van der Waals surface area contributed by atoms with Gasteiger partial charge in [-0.25, -0.2) is 14.0 Å². The fourth-order valence-corrected chi connectivity index (χ4v) is 3.26. The van der Waals surface area contributed by atoms with Crippen LogP contribution in [0.1, 0.15) is 38.3 Å². The molecule has 0 saturated carbocycles. The number of carboxylic acids is 1. The number of alkyl halides is 1. The normalized spacial score (nSPS) is 20.6. The van der Waals surface area contributed by atoms with E-state index in [4.69, 9.17) is 16.3 Å². The smallest absolute Gasteiger partial charge is 0.411 e. The van der Waals surface area contributed by atoms with E-state index < -0.39 is 30.4 Å². The Balaban J connectivity index is 2.11. The number of carbonyl (C=O) groups is 2. The van der Waals surface area contributed by atoms with Crippen LogP contribution in [-0.2, 0) is 22.6 Å². The van der Waals surface area contributed by atoms with Crippen LogP contribution in [0.5, 0.6) is 0 Å². The standard InChI is InChI=1S/C18H23ClFNO4/c1-18(2,3)25-17(24)21-10-12(8-15(21)16(22)23)6-13-5-4-11(9-20)7-14(13)19/h4-5,7,12,15H,6,8-10H2,1-3H3,(H,22,23). The lowest BCUT2D eigenvalue weighted by Gasteiger charge is -2.26. The Morgan fingerprint density at radius 2 is 2.08 bits per heavy atom. The second kappa shape index (κ2) is 7.60. The van der Waals surface area contributed by atoms with Crippen LogP contribution in [0.25, 0.3) is 0 Å². The van der Waals surface area contributed by atoms with Gasteiger partial charge in [0.05, 0.1) is 0 Å². The van der Waals surface area contributed by atoms with Gasteiger partial charge < -0.3 is 9.84 Å². The fourth-order valence-electron chi connectivity index (χ4n) is 2.98. The maximum Gasteiger partial charge on any atom is 0.411 e. The number of ether oxygens (including phenoxy) is 1. The van der Waals surface area contributed by atoms with Gasteiger partial charge in [0.15, 0.2) is 0 Å². The lowest BCUT2D eigenvalue weighted by Crippen LogP contribution is -2.43. The molecule has 1 fully saturated rings. The minimum absolute atomic E-state index is 0.0534. The molecule has 0 radical (unpaired) electrons. The average Bonchev–Trinajstić information content (AvgIpc) is 2.92. The number of aliphatic carboxylic acids is 1. The van der Waals surface area contributed by atoms with E-state index in [9.17, 15) is 19.1 Å². The van der Waals surface area contributed by atoms with E-state index in [0.29, 0.717) is 23.4 Å². The van der Waals surface area contributed by atoms with E-state index in [-0.39, 0.29) is 12.5 Å². The molecule has 1 saturated heterocycles. The molecule has 2 unspecified atom stereocenters. The van der Waals surface area contributed by atoms with Crippen molar-refractivity contribution in [3.05, 3.63) is 34.3 Å². The predicted octanol–water partition coefficient (Wildman–Crippen LogP) is 4.06. The number of nitrogens with zero attached hydrogens (tertiary/aromatic N) is 1. The molecule has 5 nitrogen and oxygen atoms in total. The molecule has 1 aromatic rings. The Morgan fingerprint density at radius 3 is 2.60 bits per heavy atom. The number of benzene rings is 1. The van der Waals surface area contributed by atoms with E-state index in [1.807, 2.05) is 0 Å². The van der Waals surface area contributed by atoms with Gasteiger partial charge in [-0.1, -0.05) is 23.7 Å². The first-order valence-corrected chi connectivity index (χ1v) is 8.54. The summed E-state index contributed by atoms with van der Waals surface area (Å²) in [6, 6.07) is 4.08. The minimum atomic E-state index is -1.05. The van der Waals surface area contributed by atoms with Crippen LogP contribution >= 0.6 is 11.6 Å². The van der Waals surface area contributed by atoms with Crippen LogP contribution in [0.4, 0.5) is 9.18 Å². The summed E-state index contributed by atoms with van der Waals surface area (Å²) in [7, 11) is 0. The van der Waals surface area contributed by atoms with Crippen molar-refractivity contribution >= 4 is 23.7 Å². The highest BCUT2D eigenvalue weighted by molar-refractivity contribution is 6.31. The SMILES string of the molecule is CC(C)(C)OC(=O)N1CC(Cc2ccc(CF)cc2Cl)CC1C(=O)O. The highest BCUT2D eigenvalue weighted by atomic mass is 35.5. The van der Waals surface area contributed by atoms with Gasteiger partial charge in [-0.15, -0.1) is 0 Å². The Kier molecular flexibility index (Phi) is 5.93. The summed E-state index contributed by atoms with van der Waals surface area (Å²) in [6.07, 6.45) is 0.228. The van der Waals surface area contributed by atoms with Gasteiger partial charge in [-0.05, 0) is 56.7 Å². The van der Waals surface area contributed by atoms with Crippen LogP contribution in [0.15, 0.2) is 18.2 Å². The molecule has 2 rings (SSSR count).